The number of fused-ring (bicyclic) bond motifs is 1. The summed E-state index contributed by atoms with van der Waals surface area (Å²) in [6, 6.07) is 12.0. The number of benzene rings is 2. The van der Waals surface area contributed by atoms with Crippen molar-refractivity contribution in [3.63, 3.8) is 0 Å². The molecule has 0 unspecified atom stereocenters. The van der Waals surface area contributed by atoms with Gasteiger partial charge >= 0.3 is 0 Å². The largest absolute Gasteiger partial charge is 0.492 e. The molecule has 0 aliphatic carbocycles. The molecule has 1 heterocycles. The van der Waals surface area contributed by atoms with E-state index in [0.717, 1.165) is 10.9 Å². The summed E-state index contributed by atoms with van der Waals surface area (Å²) in [7, 11) is -3.76. The monoisotopic (exact) mass is 408 g/mol. The summed E-state index contributed by atoms with van der Waals surface area (Å²) >= 11 is 3.39. The van der Waals surface area contributed by atoms with Crippen molar-refractivity contribution in [1.82, 2.24) is 8.96 Å². The molecule has 1 aromatic heterocycles. The van der Waals surface area contributed by atoms with Crippen LogP contribution in [0.5, 0.6) is 5.75 Å². The average Bonchev–Trinajstić information content (AvgIpc) is 2.90. The Morgan fingerprint density at radius 1 is 1.21 bits per heavy atom. The summed E-state index contributed by atoms with van der Waals surface area (Å²) in [5.41, 5.74) is 1.21. The zero-order valence-electron chi connectivity index (χ0n) is 13.4. The average molecular weight is 409 g/mol. The minimum absolute atomic E-state index is 0.169. The molecule has 3 aromatic rings. The van der Waals surface area contributed by atoms with Gasteiger partial charge in [-0.1, -0.05) is 19.1 Å². The number of halogens is 1. The molecule has 0 atom stereocenters. The lowest BCUT2D eigenvalue weighted by atomic mass is 10.3. The number of ether oxygens (including phenoxy) is 1. The van der Waals surface area contributed by atoms with Crippen LogP contribution in [0, 0.1) is 6.92 Å². The van der Waals surface area contributed by atoms with Crippen LogP contribution in [-0.2, 0) is 10.0 Å². The van der Waals surface area contributed by atoms with Crippen LogP contribution < -0.4 is 4.74 Å². The highest BCUT2D eigenvalue weighted by atomic mass is 79.9. The molecule has 0 N–H and O–H groups in total. The lowest BCUT2D eigenvalue weighted by Gasteiger charge is -2.12. The fourth-order valence-electron chi connectivity index (χ4n) is 2.50. The van der Waals surface area contributed by atoms with Crippen molar-refractivity contribution in [3.05, 3.63) is 52.8 Å². The third-order valence-corrected chi connectivity index (χ3v) is 6.03. The maximum atomic E-state index is 13.1. The first kappa shape index (κ1) is 17.0. The van der Waals surface area contributed by atoms with Gasteiger partial charge in [-0.3, -0.25) is 0 Å². The van der Waals surface area contributed by atoms with Gasteiger partial charge in [0.1, 0.15) is 11.6 Å². The Morgan fingerprint density at radius 3 is 2.71 bits per heavy atom. The van der Waals surface area contributed by atoms with Gasteiger partial charge in [-0.25, -0.2) is 17.4 Å². The molecule has 0 amide bonds. The molecular weight excluding hydrogens is 392 g/mol. The number of aromatic nitrogens is 2. The van der Waals surface area contributed by atoms with Crippen LogP contribution in [-0.4, -0.2) is 24.0 Å². The molecule has 0 aliphatic rings. The van der Waals surface area contributed by atoms with Crippen molar-refractivity contribution < 1.29 is 13.2 Å². The molecule has 24 heavy (non-hydrogen) atoms. The van der Waals surface area contributed by atoms with Crippen LogP contribution in [0.3, 0.4) is 0 Å². The SMILES string of the molecule is CCCOc1cc(S(=O)(=O)n2c(C)nc3ccccc32)ccc1Br. The van der Waals surface area contributed by atoms with E-state index in [4.69, 9.17) is 4.74 Å². The number of hydrogen-bond donors (Lipinski definition) is 0. The maximum absolute atomic E-state index is 13.1. The maximum Gasteiger partial charge on any atom is 0.269 e. The van der Waals surface area contributed by atoms with E-state index in [1.165, 1.54) is 3.97 Å². The normalized spacial score (nSPS) is 11.8. The second kappa shape index (κ2) is 6.57. The molecule has 7 heteroatoms. The minimum atomic E-state index is -3.76. The van der Waals surface area contributed by atoms with E-state index in [2.05, 4.69) is 20.9 Å². The molecule has 3 rings (SSSR count). The first-order valence-corrected chi connectivity index (χ1v) is 9.80. The number of aryl methyl sites for hydroxylation is 1. The Kier molecular flexibility index (Phi) is 4.64. The third-order valence-electron chi connectivity index (χ3n) is 3.58. The number of hydrogen-bond acceptors (Lipinski definition) is 4. The lowest BCUT2D eigenvalue weighted by molar-refractivity contribution is 0.314. The van der Waals surface area contributed by atoms with Crippen LogP contribution >= 0.6 is 15.9 Å². The van der Waals surface area contributed by atoms with Crippen molar-refractivity contribution in [2.45, 2.75) is 25.2 Å². The first-order chi connectivity index (χ1) is 11.4. The molecular formula is C17H17BrN2O3S. The smallest absolute Gasteiger partial charge is 0.269 e. The van der Waals surface area contributed by atoms with E-state index >= 15 is 0 Å². The second-order valence-corrected chi connectivity index (χ2v) is 8.00. The van der Waals surface area contributed by atoms with Gasteiger partial charge in [-0.05, 0) is 53.5 Å². The summed E-state index contributed by atoms with van der Waals surface area (Å²) in [5.74, 6) is 0.940. The van der Waals surface area contributed by atoms with Crippen LogP contribution in [0.25, 0.3) is 11.0 Å². The predicted molar refractivity (Wildman–Crippen MR) is 97.0 cm³/mol. The number of para-hydroxylation sites is 2. The molecule has 5 nitrogen and oxygen atoms in total. The van der Waals surface area contributed by atoms with Crippen molar-refractivity contribution in [2.24, 2.45) is 0 Å². The topological polar surface area (TPSA) is 61.2 Å². The van der Waals surface area contributed by atoms with E-state index in [1.807, 2.05) is 13.0 Å². The summed E-state index contributed by atoms with van der Waals surface area (Å²) < 4.78 is 33.9. The molecule has 0 saturated carbocycles. The summed E-state index contributed by atoms with van der Waals surface area (Å²) in [5, 5.41) is 0. The van der Waals surface area contributed by atoms with Gasteiger partial charge in [0, 0.05) is 6.07 Å². The molecule has 2 aromatic carbocycles. The van der Waals surface area contributed by atoms with Crippen molar-refractivity contribution >= 4 is 37.0 Å². The van der Waals surface area contributed by atoms with E-state index in [-0.39, 0.29) is 4.90 Å². The van der Waals surface area contributed by atoms with E-state index in [1.54, 1.807) is 43.3 Å². The fourth-order valence-corrected chi connectivity index (χ4v) is 4.37. The number of imidazole rings is 1. The Hall–Kier alpha value is -1.86. The summed E-state index contributed by atoms with van der Waals surface area (Å²) in [6.45, 7) is 4.20. The quantitative estimate of drug-likeness (QED) is 0.636. The van der Waals surface area contributed by atoms with Gasteiger partial charge in [0.05, 0.1) is 27.0 Å². The predicted octanol–water partition coefficient (Wildman–Crippen LogP) is 4.13. The lowest BCUT2D eigenvalue weighted by Crippen LogP contribution is -2.14. The van der Waals surface area contributed by atoms with Gasteiger partial charge in [0.25, 0.3) is 10.0 Å². The highest BCUT2D eigenvalue weighted by Crippen LogP contribution is 2.30. The van der Waals surface area contributed by atoms with Crippen molar-refractivity contribution in [2.75, 3.05) is 6.61 Å². The number of rotatable bonds is 5. The molecule has 0 radical (unpaired) electrons. The molecule has 0 bridgehead atoms. The Balaban J connectivity index is 2.15. The molecule has 126 valence electrons. The Morgan fingerprint density at radius 2 is 1.96 bits per heavy atom. The number of nitrogens with zero attached hydrogens (tertiary/aromatic N) is 2. The molecule has 0 aliphatic heterocycles. The van der Waals surface area contributed by atoms with E-state index < -0.39 is 10.0 Å². The van der Waals surface area contributed by atoms with Crippen LogP contribution in [0.4, 0.5) is 0 Å². The summed E-state index contributed by atoms with van der Waals surface area (Å²) in [4.78, 5) is 4.51. The van der Waals surface area contributed by atoms with Gasteiger partial charge in [0.2, 0.25) is 0 Å². The van der Waals surface area contributed by atoms with Crippen molar-refractivity contribution in [3.8, 4) is 5.75 Å². The van der Waals surface area contributed by atoms with Gasteiger partial charge in [0.15, 0.2) is 0 Å². The first-order valence-electron chi connectivity index (χ1n) is 7.57. The standard InChI is InChI=1S/C17H17BrN2O3S/c1-3-10-23-17-11-13(8-9-14(17)18)24(21,22)20-12(2)19-15-6-4-5-7-16(15)20/h4-9,11H,3,10H2,1-2H3. The molecule has 0 saturated heterocycles. The minimum Gasteiger partial charge on any atom is -0.492 e. The van der Waals surface area contributed by atoms with E-state index in [9.17, 15) is 8.42 Å². The van der Waals surface area contributed by atoms with Crippen LogP contribution in [0.1, 0.15) is 19.2 Å². The highest BCUT2D eigenvalue weighted by Gasteiger charge is 2.23. The third kappa shape index (κ3) is 2.93. The van der Waals surface area contributed by atoms with Crippen LogP contribution in [0.2, 0.25) is 0 Å². The fraction of sp³-hybridized carbons (Fsp3) is 0.235. The van der Waals surface area contributed by atoms with Gasteiger partial charge in [-0.15, -0.1) is 0 Å². The van der Waals surface area contributed by atoms with Gasteiger partial charge in [-0.2, -0.15) is 0 Å². The Labute approximate surface area is 149 Å². The zero-order valence-corrected chi connectivity index (χ0v) is 15.8. The summed E-state index contributed by atoms with van der Waals surface area (Å²) in [6.07, 6.45) is 0.842. The van der Waals surface area contributed by atoms with E-state index in [0.29, 0.717) is 29.2 Å². The zero-order chi connectivity index (χ0) is 17.3. The molecule has 0 fully saturated rings. The Bertz CT molecular complexity index is 996. The van der Waals surface area contributed by atoms with Crippen LogP contribution in [0.15, 0.2) is 51.8 Å². The highest BCUT2D eigenvalue weighted by molar-refractivity contribution is 9.10. The second-order valence-electron chi connectivity index (χ2n) is 5.36. The van der Waals surface area contributed by atoms with Gasteiger partial charge < -0.3 is 4.74 Å². The van der Waals surface area contributed by atoms with Crippen molar-refractivity contribution in [1.29, 1.82) is 0 Å². The molecule has 0 spiro atoms.